The van der Waals surface area contributed by atoms with Gasteiger partial charge in [0.2, 0.25) is 0 Å². The zero-order valence-corrected chi connectivity index (χ0v) is 13.8. The number of carboxylic acid groups (broad SMARTS) is 1. The third-order valence-electron chi connectivity index (χ3n) is 3.49. The maximum absolute atomic E-state index is 12.3. The normalized spacial score (nSPS) is 11.8. The Bertz CT molecular complexity index is 704. The van der Waals surface area contributed by atoms with Gasteiger partial charge in [-0.25, -0.2) is 14.3 Å². The van der Waals surface area contributed by atoms with Crippen LogP contribution in [0.3, 0.4) is 0 Å². The molecule has 0 saturated heterocycles. The number of ether oxygens (including phenoxy) is 1. The molecule has 0 radical (unpaired) electrons. The highest BCUT2D eigenvalue weighted by molar-refractivity contribution is 5.80. The van der Waals surface area contributed by atoms with Crippen LogP contribution in [0.15, 0.2) is 36.5 Å². The lowest BCUT2D eigenvalue weighted by Gasteiger charge is -2.25. The van der Waals surface area contributed by atoms with Gasteiger partial charge in [-0.2, -0.15) is 0 Å². The van der Waals surface area contributed by atoms with Crippen LogP contribution in [-0.4, -0.2) is 55.3 Å². The van der Waals surface area contributed by atoms with Gasteiger partial charge in [0.25, 0.3) is 0 Å². The second-order valence-electron chi connectivity index (χ2n) is 5.20. The van der Waals surface area contributed by atoms with Gasteiger partial charge in [0.05, 0.1) is 19.3 Å². The Labute approximate surface area is 144 Å². The summed E-state index contributed by atoms with van der Waals surface area (Å²) in [6.45, 7) is 1.84. The maximum atomic E-state index is 12.3. The van der Waals surface area contributed by atoms with E-state index in [-0.39, 0.29) is 32.0 Å². The molecule has 0 bridgehead atoms. The smallest absolute Gasteiger partial charge is 0.411 e. The molecule has 0 aliphatic heterocycles. The fraction of sp³-hybridized carbons (Fsp3) is 0.375. The minimum absolute atomic E-state index is 0.0414. The maximum Gasteiger partial charge on any atom is 0.411 e. The van der Waals surface area contributed by atoms with Gasteiger partial charge in [-0.15, -0.1) is 5.10 Å². The van der Waals surface area contributed by atoms with Gasteiger partial charge >= 0.3 is 12.1 Å². The zero-order chi connectivity index (χ0) is 18.2. The largest absolute Gasteiger partial charge is 0.479 e. The molecular formula is C16H20N4O5. The summed E-state index contributed by atoms with van der Waals surface area (Å²) in [5.74, 6) is -1.24. The van der Waals surface area contributed by atoms with Crippen LogP contribution in [-0.2, 0) is 22.7 Å². The van der Waals surface area contributed by atoms with E-state index in [2.05, 4.69) is 10.3 Å². The quantitative estimate of drug-likeness (QED) is 0.732. The number of hydrogen-bond acceptors (Lipinski definition) is 6. The van der Waals surface area contributed by atoms with Crippen LogP contribution in [0.5, 0.6) is 0 Å². The number of carbonyl (C=O) groups excluding carboxylic acids is 1. The summed E-state index contributed by atoms with van der Waals surface area (Å²) in [6, 6.07) is 7.78. The zero-order valence-electron chi connectivity index (χ0n) is 13.8. The van der Waals surface area contributed by atoms with E-state index in [0.717, 1.165) is 10.5 Å². The average molecular weight is 348 g/mol. The lowest BCUT2D eigenvalue weighted by Crippen LogP contribution is -2.39. The van der Waals surface area contributed by atoms with E-state index in [1.807, 2.05) is 18.2 Å². The molecule has 1 aromatic carbocycles. The number of amides is 1. The average Bonchev–Trinajstić information content (AvgIpc) is 3.06. The van der Waals surface area contributed by atoms with Crippen molar-refractivity contribution in [1.29, 1.82) is 0 Å². The Morgan fingerprint density at radius 1 is 1.32 bits per heavy atom. The van der Waals surface area contributed by atoms with Gasteiger partial charge in [0.1, 0.15) is 12.3 Å². The first-order valence-corrected chi connectivity index (χ1v) is 7.77. The molecule has 134 valence electrons. The summed E-state index contributed by atoms with van der Waals surface area (Å²) in [7, 11) is 0. The first kappa shape index (κ1) is 18.4. The van der Waals surface area contributed by atoms with Crippen LogP contribution in [0, 0.1) is 0 Å². The fourth-order valence-electron chi connectivity index (χ4n) is 2.29. The summed E-state index contributed by atoms with van der Waals surface area (Å²) < 4.78 is 6.53. The highest BCUT2D eigenvalue weighted by Crippen LogP contribution is 2.20. The Kier molecular flexibility index (Phi) is 6.47. The molecule has 0 fully saturated rings. The van der Waals surface area contributed by atoms with Gasteiger partial charge in [0, 0.05) is 6.54 Å². The number of carboxylic acids is 1. The van der Waals surface area contributed by atoms with Crippen molar-refractivity contribution < 1.29 is 24.5 Å². The van der Waals surface area contributed by atoms with Crippen LogP contribution >= 0.6 is 0 Å². The molecule has 1 aromatic heterocycles. The second-order valence-corrected chi connectivity index (χ2v) is 5.20. The van der Waals surface area contributed by atoms with Crippen LogP contribution < -0.4 is 0 Å². The predicted molar refractivity (Wildman–Crippen MR) is 86.5 cm³/mol. The SMILES string of the molecule is CCN(C(=O)OCc1ccccc1)C(C(=O)O)c1cn(CCO)nn1. The standard InChI is InChI=1S/C16H20N4O5/c1-2-20(16(24)25-11-12-6-4-3-5-7-12)14(15(22)23)13-10-19(8-9-21)18-17-13/h3-7,10,14,21H,2,8-9,11H2,1H3,(H,22,23). The topological polar surface area (TPSA) is 118 Å². The number of aromatic nitrogens is 3. The number of rotatable bonds is 8. The van der Waals surface area contributed by atoms with Crippen LogP contribution in [0.4, 0.5) is 4.79 Å². The van der Waals surface area contributed by atoms with Gasteiger partial charge in [-0.3, -0.25) is 4.90 Å². The van der Waals surface area contributed by atoms with Crippen molar-refractivity contribution in [2.24, 2.45) is 0 Å². The van der Waals surface area contributed by atoms with E-state index in [4.69, 9.17) is 9.84 Å². The number of aliphatic hydroxyl groups is 1. The number of benzene rings is 1. The number of aliphatic carboxylic acids is 1. The molecule has 0 aliphatic carbocycles. The first-order chi connectivity index (χ1) is 12.1. The highest BCUT2D eigenvalue weighted by atomic mass is 16.6. The number of carbonyl (C=O) groups is 2. The van der Waals surface area contributed by atoms with Gasteiger partial charge in [0.15, 0.2) is 6.04 Å². The monoisotopic (exact) mass is 348 g/mol. The second kappa shape index (κ2) is 8.78. The summed E-state index contributed by atoms with van der Waals surface area (Å²) >= 11 is 0. The summed E-state index contributed by atoms with van der Waals surface area (Å²) in [5, 5.41) is 26.0. The van der Waals surface area contributed by atoms with Crippen LogP contribution in [0.2, 0.25) is 0 Å². The van der Waals surface area contributed by atoms with E-state index in [1.165, 1.54) is 10.9 Å². The minimum atomic E-state index is -1.32. The third kappa shape index (κ3) is 4.77. The number of likely N-dealkylation sites (N-methyl/N-ethyl adjacent to an activating group) is 1. The Morgan fingerprint density at radius 2 is 2.04 bits per heavy atom. The van der Waals surface area contributed by atoms with Gasteiger partial charge in [-0.1, -0.05) is 35.5 Å². The minimum Gasteiger partial charge on any atom is -0.479 e. The van der Waals surface area contributed by atoms with Crippen molar-refractivity contribution in [3.05, 3.63) is 47.8 Å². The van der Waals surface area contributed by atoms with E-state index in [0.29, 0.717) is 0 Å². The predicted octanol–water partition coefficient (Wildman–Crippen LogP) is 1.05. The Morgan fingerprint density at radius 3 is 2.64 bits per heavy atom. The molecular weight excluding hydrogens is 328 g/mol. The molecule has 2 N–H and O–H groups in total. The molecule has 1 heterocycles. The van der Waals surface area contributed by atoms with Gasteiger partial charge < -0.3 is 14.9 Å². The lowest BCUT2D eigenvalue weighted by atomic mass is 10.2. The number of hydrogen-bond donors (Lipinski definition) is 2. The third-order valence-corrected chi connectivity index (χ3v) is 3.49. The van der Waals surface area contributed by atoms with E-state index >= 15 is 0 Å². The molecule has 2 aromatic rings. The van der Waals surface area contributed by atoms with Gasteiger partial charge in [-0.05, 0) is 12.5 Å². The summed E-state index contributed by atoms with van der Waals surface area (Å²) in [4.78, 5) is 25.1. The molecule has 9 heteroatoms. The lowest BCUT2D eigenvalue weighted by molar-refractivity contribution is -0.143. The summed E-state index contributed by atoms with van der Waals surface area (Å²) in [5.41, 5.74) is 0.895. The first-order valence-electron chi connectivity index (χ1n) is 7.77. The number of nitrogens with zero attached hydrogens (tertiary/aromatic N) is 4. The summed E-state index contributed by atoms with van der Waals surface area (Å²) in [6.07, 6.45) is 0.637. The molecule has 1 atom stereocenters. The molecule has 0 spiro atoms. The Balaban J connectivity index is 2.12. The van der Waals surface area contributed by atoms with E-state index < -0.39 is 18.1 Å². The van der Waals surface area contributed by atoms with E-state index in [9.17, 15) is 14.7 Å². The molecule has 1 amide bonds. The van der Waals surface area contributed by atoms with Crippen molar-refractivity contribution in [2.75, 3.05) is 13.2 Å². The van der Waals surface area contributed by atoms with Crippen molar-refractivity contribution in [3.8, 4) is 0 Å². The number of aliphatic hydroxyl groups excluding tert-OH is 1. The fourth-order valence-corrected chi connectivity index (χ4v) is 2.29. The van der Waals surface area contributed by atoms with Crippen molar-refractivity contribution in [3.63, 3.8) is 0 Å². The molecule has 2 rings (SSSR count). The van der Waals surface area contributed by atoms with Crippen molar-refractivity contribution in [2.45, 2.75) is 26.1 Å². The molecule has 0 saturated carbocycles. The molecule has 9 nitrogen and oxygen atoms in total. The molecule has 0 aliphatic rings. The van der Waals surface area contributed by atoms with Crippen molar-refractivity contribution >= 4 is 12.1 Å². The molecule has 25 heavy (non-hydrogen) atoms. The van der Waals surface area contributed by atoms with Crippen LogP contribution in [0.25, 0.3) is 0 Å². The van der Waals surface area contributed by atoms with E-state index in [1.54, 1.807) is 19.1 Å². The van der Waals surface area contributed by atoms with Crippen molar-refractivity contribution in [1.82, 2.24) is 19.9 Å². The Hall–Kier alpha value is -2.94. The van der Waals surface area contributed by atoms with Crippen LogP contribution in [0.1, 0.15) is 24.2 Å². The highest BCUT2D eigenvalue weighted by Gasteiger charge is 2.33. The molecule has 1 unspecified atom stereocenters.